The van der Waals surface area contributed by atoms with Gasteiger partial charge in [-0.2, -0.15) is 0 Å². The Morgan fingerprint density at radius 1 is 0.895 bits per heavy atom. The molecule has 19 heavy (non-hydrogen) atoms. The van der Waals surface area contributed by atoms with Crippen molar-refractivity contribution in [3.8, 4) is 0 Å². The average molecular weight is 251 g/mol. The van der Waals surface area contributed by atoms with E-state index in [0.29, 0.717) is 6.42 Å². The second-order valence-electron chi connectivity index (χ2n) is 4.92. The van der Waals surface area contributed by atoms with E-state index < -0.39 is 0 Å². The van der Waals surface area contributed by atoms with E-state index in [1.807, 2.05) is 53.4 Å². The second-order valence-corrected chi connectivity index (χ2v) is 4.92. The number of para-hydroxylation sites is 1. The highest BCUT2D eigenvalue weighted by atomic mass is 16.2. The summed E-state index contributed by atoms with van der Waals surface area (Å²) in [6.45, 7) is 0. The van der Waals surface area contributed by atoms with Gasteiger partial charge in [0.25, 0.3) is 0 Å². The molecule has 1 aliphatic heterocycles. The van der Waals surface area contributed by atoms with Gasteiger partial charge in [0.1, 0.15) is 0 Å². The van der Waals surface area contributed by atoms with E-state index in [1.165, 1.54) is 5.56 Å². The first-order chi connectivity index (χ1) is 9.36. The van der Waals surface area contributed by atoms with E-state index in [-0.39, 0.29) is 11.9 Å². The molecule has 1 atom stereocenters. The van der Waals surface area contributed by atoms with Crippen LogP contribution < -0.4 is 4.90 Å². The van der Waals surface area contributed by atoms with Gasteiger partial charge in [-0.25, -0.2) is 0 Å². The van der Waals surface area contributed by atoms with Crippen molar-refractivity contribution in [1.82, 2.24) is 0 Å². The van der Waals surface area contributed by atoms with Crippen molar-refractivity contribution in [3.63, 3.8) is 0 Å². The van der Waals surface area contributed by atoms with Crippen molar-refractivity contribution < 1.29 is 4.79 Å². The number of piperidine rings is 1. The third kappa shape index (κ3) is 2.39. The normalized spacial score (nSPS) is 19.5. The zero-order valence-corrected chi connectivity index (χ0v) is 10.8. The molecule has 0 N–H and O–H groups in total. The number of benzene rings is 2. The van der Waals surface area contributed by atoms with Crippen LogP contribution in [0.15, 0.2) is 60.7 Å². The molecule has 2 aromatic carbocycles. The van der Waals surface area contributed by atoms with E-state index in [4.69, 9.17) is 0 Å². The summed E-state index contributed by atoms with van der Waals surface area (Å²) in [6, 6.07) is 20.5. The number of hydrogen-bond donors (Lipinski definition) is 0. The molecule has 1 saturated heterocycles. The van der Waals surface area contributed by atoms with Crippen LogP contribution in [0.2, 0.25) is 0 Å². The van der Waals surface area contributed by atoms with Crippen LogP contribution in [-0.4, -0.2) is 5.91 Å². The van der Waals surface area contributed by atoms with E-state index in [0.717, 1.165) is 18.5 Å². The average Bonchev–Trinajstić information content (AvgIpc) is 2.49. The van der Waals surface area contributed by atoms with Gasteiger partial charge in [-0.15, -0.1) is 0 Å². The molecule has 0 saturated carbocycles. The summed E-state index contributed by atoms with van der Waals surface area (Å²) in [7, 11) is 0. The molecule has 2 aromatic rings. The van der Waals surface area contributed by atoms with Crippen LogP contribution in [0.3, 0.4) is 0 Å². The summed E-state index contributed by atoms with van der Waals surface area (Å²) in [5.41, 5.74) is 2.22. The molecule has 1 fully saturated rings. The molecule has 0 spiro atoms. The number of carbonyl (C=O) groups is 1. The maximum atomic E-state index is 12.3. The molecular weight excluding hydrogens is 234 g/mol. The fourth-order valence-corrected chi connectivity index (χ4v) is 2.77. The molecule has 2 nitrogen and oxygen atoms in total. The van der Waals surface area contributed by atoms with Gasteiger partial charge in [0.05, 0.1) is 6.04 Å². The fourth-order valence-electron chi connectivity index (χ4n) is 2.77. The lowest BCUT2D eigenvalue weighted by Crippen LogP contribution is -2.38. The highest BCUT2D eigenvalue weighted by molar-refractivity contribution is 5.94. The van der Waals surface area contributed by atoms with E-state index in [1.54, 1.807) is 0 Å². The Kier molecular flexibility index (Phi) is 3.32. The Morgan fingerprint density at radius 3 is 2.21 bits per heavy atom. The first-order valence-electron chi connectivity index (χ1n) is 6.78. The lowest BCUT2D eigenvalue weighted by molar-refractivity contribution is -0.120. The Labute approximate surface area is 113 Å². The zero-order chi connectivity index (χ0) is 13.1. The number of anilines is 1. The monoisotopic (exact) mass is 251 g/mol. The number of amides is 1. The summed E-state index contributed by atoms with van der Waals surface area (Å²) in [6.07, 6.45) is 2.66. The van der Waals surface area contributed by atoms with Gasteiger partial charge in [0, 0.05) is 12.1 Å². The number of nitrogens with zero attached hydrogens (tertiary/aromatic N) is 1. The molecular formula is C17H17NO. The van der Waals surface area contributed by atoms with Crippen molar-refractivity contribution in [2.24, 2.45) is 0 Å². The summed E-state index contributed by atoms with van der Waals surface area (Å²) in [5.74, 6) is 0.228. The van der Waals surface area contributed by atoms with Crippen LogP contribution in [0.25, 0.3) is 0 Å². The van der Waals surface area contributed by atoms with Gasteiger partial charge >= 0.3 is 0 Å². The summed E-state index contributed by atoms with van der Waals surface area (Å²) in [5, 5.41) is 0. The number of rotatable bonds is 2. The molecule has 96 valence electrons. The van der Waals surface area contributed by atoms with E-state index in [2.05, 4.69) is 12.1 Å². The standard InChI is InChI=1S/C17H17NO/c19-17-13-7-12-16(14-8-3-1-4-9-14)18(17)15-10-5-2-6-11-15/h1-6,8-11,16H,7,12-13H2. The Bertz CT molecular complexity index is 550. The summed E-state index contributed by atoms with van der Waals surface area (Å²) in [4.78, 5) is 14.3. The van der Waals surface area contributed by atoms with Crippen molar-refractivity contribution in [2.75, 3.05) is 4.90 Å². The lowest BCUT2D eigenvalue weighted by atomic mass is 9.94. The third-order valence-corrected chi connectivity index (χ3v) is 3.67. The molecule has 1 amide bonds. The topological polar surface area (TPSA) is 20.3 Å². The molecule has 1 aliphatic rings. The largest absolute Gasteiger partial charge is 0.305 e. The quantitative estimate of drug-likeness (QED) is 0.791. The van der Waals surface area contributed by atoms with Crippen molar-refractivity contribution in [1.29, 1.82) is 0 Å². The van der Waals surface area contributed by atoms with Crippen LogP contribution in [0.5, 0.6) is 0 Å². The molecule has 3 rings (SSSR count). The highest BCUT2D eigenvalue weighted by Gasteiger charge is 2.29. The van der Waals surface area contributed by atoms with Gasteiger partial charge in [-0.3, -0.25) is 4.79 Å². The fraction of sp³-hybridized carbons (Fsp3) is 0.235. The molecule has 2 heteroatoms. The van der Waals surface area contributed by atoms with Crippen molar-refractivity contribution >= 4 is 11.6 Å². The molecule has 1 heterocycles. The van der Waals surface area contributed by atoms with Crippen molar-refractivity contribution in [2.45, 2.75) is 25.3 Å². The maximum Gasteiger partial charge on any atom is 0.227 e. The van der Waals surface area contributed by atoms with Gasteiger partial charge in [-0.05, 0) is 30.5 Å². The molecule has 1 unspecified atom stereocenters. The predicted octanol–water partition coefficient (Wildman–Crippen LogP) is 3.94. The molecule has 0 bridgehead atoms. The maximum absolute atomic E-state index is 12.3. The smallest absolute Gasteiger partial charge is 0.227 e. The van der Waals surface area contributed by atoms with Crippen LogP contribution in [0, 0.1) is 0 Å². The van der Waals surface area contributed by atoms with E-state index >= 15 is 0 Å². The minimum atomic E-state index is 0.171. The van der Waals surface area contributed by atoms with Crippen LogP contribution in [0.4, 0.5) is 5.69 Å². The SMILES string of the molecule is O=C1CCCC(c2ccccc2)N1c1ccccc1. The van der Waals surface area contributed by atoms with Gasteiger partial charge in [0.15, 0.2) is 0 Å². The third-order valence-electron chi connectivity index (χ3n) is 3.67. The predicted molar refractivity (Wildman–Crippen MR) is 77.0 cm³/mol. The summed E-state index contributed by atoms with van der Waals surface area (Å²) < 4.78 is 0. The van der Waals surface area contributed by atoms with Gasteiger partial charge in [-0.1, -0.05) is 48.5 Å². The lowest BCUT2D eigenvalue weighted by Gasteiger charge is -2.36. The van der Waals surface area contributed by atoms with E-state index in [9.17, 15) is 4.79 Å². The zero-order valence-electron chi connectivity index (χ0n) is 10.8. The van der Waals surface area contributed by atoms with Gasteiger partial charge in [0.2, 0.25) is 5.91 Å². The second kappa shape index (κ2) is 5.27. The Balaban J connectivity index is 1.99. The summed E-state index contributed by atoms with van der Waals surface area (Å²) >= 11 is 0. The first-order valence-corrected chi connectivity index (χ1v) is 6.78. The minimum Gasteiger partial charge on any atom is -0.305 e. The van der Waals surface area contributed by atoms with Crippen LogP contribution >= 0.6 is 0 Å². The highest BCUT2D eigenvalue weighted by Crippen LogP contribution is 2.35. The van der Waals surface area contributed by atoms with Crippen LogP contribution in [-0.2, 0) is 4.79 Å². The van der Waals surface area contributed by atoms with Crippen molar-refractivity contribution in [3.05, 3.63) is 66.2 Å². The Morgan fingerprint density at radius 2 is 1.53 bits per heavy atom. The van der Waals surface area contributed by atoms with Crippen LogP contribution in [0.1, 0.15) is 30.9 Å². The minimum absolute atomic E-state index is 0.171. The first kappa shape index (κ1) is 12.0. The Hall–Kier alpha value is -2.09. The number of carbonyl (C=O) groups excluding carboxylic acids is 1. The molecule has 0 aliphatic carbocycles. The van der Waals surface area contributed by atoms with Gasteiger partial charge < -0.3 is 4.90 Å². The molecule has 0 radical (unpaired) electrons. The number of hydrogen-bond acceptors (Lipinski definition) is 1. The molecule has 0 aromatic heterocycles.